The summed E-state index contributed by atoms with van der Waals surface area (Å²) in [4.78, 5) is 28.0. The molecule has 29 heavy (non-hydrogen) atoms. The van der Waals surface area contributed by atoms with E-state index in [4.69, 9.17) is 11.6 Å². The van der Waals surface area contributed by atoms with Gasteiger partial charge in [-0.3, -0.25) is 9.59 Å². The van der Waals surface area contributed by atoms with Crippen LogP contribution in [0, 0.1) is 0 Å². The summed E-state index contributed by atoms with van der Waals surface area (Å²) in [6, 6.07) is 16.9. The van der Waals surface area contributed by atoms with Crippen molar-refractivity contribution in [1.82, 2.24) is 10.2 Å². The predicted molar refractivity (Wildman–Crippen MR) is 117 cm³/mol. The van der Waals surface area contributed by atoms with E-state index in [1.54, 1.807) is 17.0 Å². The lowest BCUT2D eigenvalue weighted by Gasteiger charge is -2.31. The molecule has 1 N–H and O–H groups in total. The van der Waals surface area contributed by atoms with Crippen molar-refractivity contribution in [2.75, 3.05) is 0 Å². The first-order valence-corrected chi connectivity index (χ1v) is 10.8. The lowest BCUT2D eigenvalue weighted by Crippen LogP contribution is -2.51. The highest BCUT2D eigenvalue weighted by Crippen LogP contribution is 2.20. The summed E-state index contributed by atoms with van der Waals surface area (Å²) < 4.78 is 0. The van der Waals surface area contributed by atoms with Gasteiger partial charge < -0.3 is 10.2 Å². The van der Waals surface area contributed by atoms with Gasteiger partial charge in [0.2, 0.25) is 11.8 Å². The Morgan fingerprint density at radius 1 is 1.07 bits per heavy atom. The lowest BCUT2D eigenvalue weighted by molar-refractivity contribution is -0.141. The molecule has 1 aliphatic carbocycles. The molecule has 4 nitrogen and oxygen atoms in total. The highest BCUT2D eigenvalue weighted by molar-refractivity contribution is 6.30. The van der Waals surface area contributed by atoms with Crippen molar-refractivity contribution >= 4 is 23.4 Å². The molecule has 0 radical (unpaired) electrons. The molecule has 0 aliphatic heterocycles. The molecule has 0 bridgehead atoms. The van der Waals surface area contributed by atoms with Crippen LogP contribution in [0.3, 0.4) is 0 Å². The molecule has 1 atom stereocenters. The van der Waals surface area contributed by atoms with Gasteiger partial charge in [-0.05, 0) is 42.5 Å². The van der Waals surface area contributed by atoms with Crippen LogP contribution in [0.25, 0.3) is 0 Å². The van der Waals surface area contributed by atoms with Crippen LogP contribution in [0.1, 0.15) is 50.2 Å². The van der Waals surface area contributed by atoms with Crippen molar-refractivity contribution < 1.29 is 9.59 Å². The second-order valence-electron chi connectivity index (χ2n) is 7.73. The maximum Gasteiger partial charge on any atom is 0.243 e. The number of carbonyl (C=O) groups is 2. The second kappa shape index (κ2) is 10.4. The summed E-state index contributed by atoms with van der Waals surface area (Å²) in [5.74, 6) is -0.112. The van der Waals surface area contributed by atoms with Gasteiger partial charge in [0.15, 0.2) is 0 Å². The molecular formula is C24H29ClN2O2. The number of hydrogen-bond donors (Lipinski definition) is 1. The van der Waals surface area contributed by atoms with E-state index in [0.29, 0.717) is 18.0 Å². The van der Waals surface area contributed by atoms with Gasteiger partial charge in [-0.1, -0.05) is 73.8 Å². The second-order valence-corrected chi connectivity index (χ2v) is 8.16. The number of benzene rings is 2. The van der Waals surface area contributed by atoms with Crippen LogP contribution in [0.4, 0.5) is 0 Å². The first-order chi connectivity index (χ1) is 14.1. The third-order valence-corrected chi connectivity index (χ3v) is 5.76. The number of halogens is 1. The molecule has 1 unspecified atom stereocenters. The molecule has 5 heteroatoms. The quantitative estimate of drug-likeness (QED) is 0.680. The van der Waals surface area contributed by atoms with Crippen LogP contribution >= 0.6 is 11.6 Å². The number of nitrogens with zero attached hydrogens (tertiary/aromatic N) is 1. The molecule has 1 fully saturated rings. The van der Waals surface area contributed by atoms with Gasteiger partial charge >= 0.3 is 0 Å². The van der Waals surface area contributed by atoms with Crippen molar-refractivity contribution in [3.8, 4) is 0 Å². The monoisotopic (exact) mass is 412 g/mol. The van der Waals surface area contributed by atoms with E-state index in [-0.39, 0.29) is 24.3 Å². The molecule has 0 saturated heterocycles. The fraction of sp³-hybridized carbons (Fsp3) is 0.417. The number of rotatable bonds is 8. The van der Waals surface area contributed by atoms with Crippen molar-refractivity contribution in [3.05, 3.63) is 70.7 Å². The maximum absolute atomic E-state index is 13.3. The highest BCUT2D eigenvalue weighted by Gasteiger charge is 2.30. The Labute approximate surface area is 178 Å². The first kappa shape index (κ1) is 21.4. The molecular weight excluding hydrogens is 384 g/mol. The van der Waals surface area contributed by atoms with Gasteiger partial charge in [0.25, 0.3) is 0 Å². The van der Waals surface area contributed by atoms with Gasteiger partial charge in [0.05, 0.1) is 6.42 Å². The lowest BCUT2D eigenvalue weighted by atomic mass is 10.1. The molecule has 0 aromatic heterocycles. The third kappa shape index (κ3) is 6.07. The third-order valence-electron chi connectivity index (χ3n) is 5.53. The van der Waals surface area contributed by atoms with E-state index in [1.165, 1.54) is 0 Å². The van der Waals surface area contributed by atoms with Crippen LogP contribution in [-0.4, -0.2) is 28.8 Å². The van der Waals surface area contributed by atoms with Crippen LogP contribution in [0.5, 0.6) is 0 Å². The molecule has 0 heterocycles. The van der Waals surface area contributed by atoms with E-state index in [1.807, 2.05) is 49.4 Å². The molecule has 3 rings (SSSR count). The molecule has 2 aromatic carbocycles. The predicted octanol–water partition coefficient (Wildman–Crippen LogP) is 4.75. The Balaban J connectivity index is 1.79. The molecule has 154 valence electrons. The summed E-state index contributed by atoms with van der Waals surface area (Å²) in [6.07, 6.45) is 5.16. The molecule has 1 aliphatic rings. The fourth-order valence-corrected chi connectivity index (χ4v) is 4.20. The zero-order valence-electron chi connectivity index (χ0n) is 16.9. The van der Waals surface area contributed by atoms with Gasteiger partial charge in [0, 0.05) is 17.6 Å². The largest absolute Gasteiger partial charge is 0.352 e. The number of hydrogen-bond acceptors (Lipinski definition) is 2. The summed E-state index contributed by atoms with van der Waals surface area (Å²) in [5.41, 5.74) is 1.87. The van der Waals surface area contributed by atoms with Crippen molar-refractivity contribution in [3.63, 3.8) is 0 Å². The molecule has 2 aromatic rings. The summed E-state index contributed by atoms with van der Waals surface area (Å²) >= 11 is 6.08. The van der Waals surface area contributed by atoms with Gasteiger partial charge in [-0.2, -0.15) is 0 Å². The van der Waals surface area contributed by atoms with Crippen LogP contribution in [-0.2, 0) is 22.6 Å². The number of nitrogens with one attached hydrogen (secondary N) is 1. The summed E-state index contributed by atoms with van der Waals surface area (Å²) in [7, 11) is 0. The standard InChI is InChI=1S/C24H29ClN2O2/c1-2-22(24(29)26-21-13-6-7-14-21)27(17-18-9-4-3-5-10-18)23(28)16-19-11-8-12-20(25)15-19/h3-5,8-12,15,21-22H,2,6-7,13-14,16-17H2,1H3,(H,26,29). The number of amides is 2. The van der Waals surface area contributed by atoms with Gasteiger partial charge in [0.1, 0.15) is 6.04 Å². The van der Waals surface area contributed by atoms with Crippen LogP contribution in [0.2, 0.25) is 5.02 Å². The Morgan fingerprint density at radius 2 is 1.76 bits per heavy atom. The van der Waals surface area contributed by atoms with Gasteiger partial charge in [-0.15, -0.1) is 0 Å². The van der Waals surface area contributed by atoms with E-state index >= 15 is 0 Å². The average Bonchev–Trinajstić information content (AvgIpc) is 3.21. The zero-order valence-corrected chi connectivity index (χ0v) is 17.7. The van der Waals surface area contributed by atoms with E-state index in [2.05, 4.69) is 5.32 Å². The van der Waals surface area contributed by atoms with Crippen molar-refractivity contribution in [2.45, 2.75) is 64.1 Å². The van der Waals surface area contributed by atoms with Crippen molar-refractivity contribution in [2.24, 2.45) is 0 Å². The average molecular weight is 413 g/mol. The van der Waals surface area contributed by atoms with E-state index in [0.717, 1.165) is 36.8 Å². The number of carbonyl (C=O) groups excluding carboxylic acids is 2. The maximum atomic E-state index is 13.3. The topological polar surface area (TPSA) is 49.4 Å². The first-order valence-electron chi connectivity index (χ1n) is 10.4. The molecule has 0 spiro atoms. The van der Waals surface area contributed by atoms with E-state index < -0.39 is 6.04 Å². The van der Waals surface area contributed by atoms with Crippen LogP contribution < -0.4 is 5.32 Å². The Kier molecular flexibility index (Phi) is 7.70. The summed E-state index contributed by atoms with van der Waals surface area (Å²) in [6.45, 7) is 2.38. The minimum absolute atomic E-state index is 0.0465. The minimum atomic E-state index is -0.484. The van der Waals surface area contributed by atoms with E-state index in [9.17, 15) is 9.59 Å². The highest BCUT2D eigenvalue weighted by atomic mass is 35.5. The zero-order chi connectivity index (χ0) is 20.6. The minimum Gasteiger partial charge on any atom is -0.352 e. The fourth-order valence-electron chi connectivity index (χ4n) is 3.99. The SMILES string of the molecule is CCC(C(=O)NC1CCCC1)N(Cc1ccccc1)C(=O)Cc1cccc(Cl)c1. The Hall–Kier alpha value is -2.33. The van der Waals surface area contributed by atoms with Crippen molar-refractivity contribution in [1.29, 1.82) is 0 Å². The normalized spacial score (nSPS) is 15.1. The summed E-state index contributed by atoms with van der Waals surface area (Å²) in [5, 5.41) is 3.78. The smallest absolute Gasteiger partial charge is 0.243 e. The molecule has 1 saturated carbocycles. The van der Waals surface area contributed by atoms with Crippen LogP contribution in [0.15, 0.2) is 54.6 Å². The Bertz CT molecular complexity index is 819. The van der Waals surface area contributed by atoms with Gasteiger partial charge in [-0.25, -0.2) is 0 Å². The molecule has 2 amide bonds. The Morgan fingerprint density at radius 3 is 2.41 bits per heavy atom.